The Morgan fingerprint density at radius 3 is 1.77 bits per heavy atom. The molecule has 0 spiro atoms. The number of benzene rings is 2. The highest BCUT2D eigenvalue weighted by Crippen LogP contribution is 2.60. The third-order valence-corrected chi connectivity index (χ3v) is 25.6. The number of primary amides is 1. The molecule has 18 N–H and O–H groups in total. The van der Waals surface area contributed by atoms with Gasteiger partial charge in [0.2, 0.25) is 47.3 Å². The fraction of sp³-hybridized carbons (Fsp3) is 0.686. The largest absolute Gasteiger partial charge is 0.399 e. The number of nitrogens with one attached hydrogen (secondary N) is 9. The lowest BCUT2D eigenvalue weighted by Gasteiger charge is -2.56. The van der Waals surface area contributed by atoms with Crippen molar-refractivity contribution in [1.82, 2.24) is 47.4 Å². The number of anilines is 1. The van der Waals surface area contributed by atoms with Gasteiger partial charge in [0.05, 0.1) is 95.2 Å². The van der Waals surface area contributed by atoms with Gasteiger partial charge in [0.25, 0.3) is 11.8 Å². The van der Waals surface area contributed by atoms with Crippen molar-refractivity contribution in [2.24, 2.45) is 40.1 Å². The summed E-state index contributed by atoms with van der Waals surface area (Å²) in [6.07, 6.45) is 5.56. The maximum atomic E-state index is 15.0. The standard InChI is InChI=1S/C86H130N12O22/c1-51(2)71(96-76(109)59(92-66(101)30-38-115-40-42-117-44-45-118-43-41-116-39-37-98-68(103)28-29-69(98)104)17-11-12-35-89-67(102)50-119-62-19-10-8-9-16-58(70(62)87)95-79-74(107)73(106)72(105)63(49-100)120-79)78(111)93-60(18-13-36-90-82(88)114)75(108)94-61(48-99)77(110)91-55-25-22-54-24-27-65-84(5,57(54)47-55)32-15-34-86(65,7)81(113)97-80(112)85(6)33-14-31-83(4)56-46-52(3)20-21-53(56)23-26-64(83)85/h20-22,25,28-29,46-47,51,59-65,71-74,79,95,99-100,105-107H,8-19,23-24,26-27,30-45,48-50,87H2,1-7H3,(H,89,102)(H,91,110)(H,92,101)(H,93,111)(H,94,108)(H,96,109)(H3,88,90,114)(H,97,112,113)/t59-,60+,61+,62?,63-,64-,65-,71+,72+,73+,74-,79-,83-,84-,85+,86+/m1/s1. The van der Waals surface area contributed by atoms with E-state index in [1.807, 2.05) is 19.1 Å². The summed E-state index contributed by atoms with van der Waals surface area (Å²) in [7, 11) is 0. The molecule has 666 valence electrons. The Hall–Kier alpha value is -8.55. The van der Waals surface area contributed by atoms with E-state index >= 15 is 4.79 Å². The van der Waals surface area contributed by atoms with Crippen molar-refractivity contribution in [3.8, 4) is 0 Å². The van der Waals surface area contributed by atoms with Gasteiger partial charge in [0.15, 0.2) is 6.23 Å². The van der Waals surface area contributed by atoms with Crippen LogP contribution in [0.1, 0.15) is 191 Å². The van der Waals surface area contributed by atoms with Gasteiger partial charge in [0.1, 0.15) is 55.2 Å². The van der Waals surface area contributed by atoms with Gasteiger partial charge in [-0.1, -0.05) is 97.1 Å². The highest BCUT2D eigenvalue weighted by molar-refractivity contribution is 6.13. The molecule has 3 fully saturated rings. The Kier molecular flexibility index (Phi) is 35.3. The molecular formula is C86H130N12O22. The van der Waals surface area contributed by atoms with Crippen molar-refractivity contribution in [3.63, 3.8) is 0 Å². The molecule has 0 bridgehead atoms. The topological polar surface area (TPSA) is 508 Å². The monoisotopic (exact) mass is 1680 g/mol. The van der Waals surface area contributed by atoms with Crippen molar-refractivity contribution < 1.29 is 107 Å². The first-order valence-electron chi connectivity index (χ1n) is 42.8. The van der Waals surface area contributed by atoms with E-state index in [2.05, 4.69) is 93.7 Å². The van der Waals surface area contributed by atoms with Gasteiger partial charge in [-0.05, 0) is 173 Å². The second-order valence-electron chi connectivity index (χ2n) is 34.4. The van der Waals surface area contributed by atoms with Crippen LogP contribution in [0.3, 0.4) is 0 Å². The van der Waals surface area contributed by atoms with Crippen molar-refractivity contribution in [3.05, 3.63) is 87.8 Å². The number of aliphatic hydroxyl groups excluding tert-OH is 5. The number of urea groups is 1. The summed E-state index contributed by atoms with van der Waals surface area (Å²) in [4.78, 5) is 151. The maximum Gasteiger partial charge on any atom is 0.312 e. The molecule has 0 radical (unpaired) electrons. The number of fused-ring (bicyclic) bond motifs is 6. The second-order valence-corrected chi connectivity index (χ2v) is 34.4. The Balaban J connectivity index is 0.799. The molecule has 2 aromatic rings. The zero-order valence-corrected chi connectivity index (χ0v) is 70.7. The summed E-state index contributed by atoms with van der Waals surface area (Å²) in [5, 5.41) is 77.0. The third-order valence-electron chi connectivity index (χ3n) is 25.6. The van der Waals surface area contributed by atoms with Crippen LogP contribution in [0.25, 0.3) is 0 Å². The smallest absolute Gasteiger partial charge is 0.312 e. The molecule has 1 unspecified atom stereocenters. The molecule has 9 rings (SSSR count). The molecular weight excluding hydrogens is 1550 g/mol. The predicted octanol–water partition coefficient (Wildman–Crippen LogP) is 1.91. The van der Waals surface area contributed by atoms with Crippen LogP contribution < -0.4 is 59.3 Å². The van der Waals surface area contributed by atoms with E-state index in [0.717, 1.165) is 61.0 Å². The highest BCUT2D eigenvalue weighted by Gasteiger charge is 2.59. The summed E-state index contributed by atoms with van der Waals surface area (Å²) in [5.41, 5.74) is 16.5. The average molecular weight is 1680 g/mol. The SMILES string of the molecule is Cc1ccc2c(c1)[C@@]1(C)CCC[C@](C)(C(=O)NC(=O)[C@@]3(C)CCC[C@]4(C)c5cc(NC(=O)[C@H](CO)NC(=O)[C@H](CCCNC(N)=O)NC(=O)[C@@H](NC(=O)[C@@H](CCCCNC(=O)COC6CCCCCC(N[C@@H]7O[C@H](CO)[C@H](O)[C@H](O)[C@H]7O)=C6N)NC(=O)CCOCCOCCOCCOCCN6C(=O)C=CC6=O)C(C)C)ccc5CC[C@@H]34)[C@@H]1CC2. The minimum atomic E-state index is -1.62. The first-order valence-corrected chi connectivity index (χ1v) is 42.8. The number of hydrogen-bond donors (Lipinski definition) is 16. The number of aryl methyl sites for hydroxylation is 3. The molecule has 120 heavy (non-hydrogen) atoms. The van der Waals surface area contributed by atoms with Crippen LogP contribution >= 0.6 is 0 Å². The van der Waals surface area contributed by atoms with E-state index in [1.54, 1.807) is 19.9 Å². The number of ether oxygens (including phenoxy) is 6. The fourth-order valence-electron chi connectivity index (χ4n) is 18.8. The minimum absolute atomic E-state index is 0.0106. The number of unbranched alkanes of at least 4 members (excludes halogenated alkanes) is 1. The number of allylic oxidation sites excluding steroid dienone is 1. The number of nitrogens with two attached hydrogens (primary N) is 2. The number of carbonyl (C=O) groups is 11. The van der Waals surface area contributed by atoms with Crippen LogP contribution in [0, 0.1) is 35.5 Å². The van der Waals surface area contributed by atoms with E-state index in [-0.39, 0.29) is 151 Å². The van der Waals surface area contributed by atoms with Crippen molar-refractivity contribution in [1.29, 1.82) is 0 Å². The summed E-state index contributed by atoms with van der Waals surface area (Å²) in [6.45, 7) is 13.5. The molecule has 2 aliphatic heterocycles. The zero-order chi connectivity index (χ0) is 87.1. The summed E-state index contributed by atoms with van der Waals surface area (Å²) < 4.78 is 33.9. The molecule has 0 aromatic heterocycles. The van der Waals surface area contributed by atoms with E-state index in [0.29, 0.717) is 69.2 Å². The van der Waals surface area contributed by atoms with Crippen molar-refractivity contribution in [2.45, 2.75) is 255 Å². The molecule has 34 heteroatoms. The summed E-state index contributed by atoms with van der Waals surface area (Å²) >= 11 is 0. The number of aliphatic hydroxyl groups is 5. The molecule has 2 heterocycles. The number of carbonyl (C=O) groups excluding carboxylic acids is 11. The van der Waals surface area contributed by atoms with E-state index in [1.165, 1.54) is 28.8 Å². The summed E-state index contributed by atoms with van der Waals surface area (Å²) in [5.74, 6) is -6.36. The van der Waals surface area contributed by atoms with Gasteiger partial charge in [-0.3, -0.25) is 58.2 Å². The van der Waals surface area contributed by atoms with Crippen LogP contribution in [-0.2, 0) is 100 Å². The van der Waals surface area contributed by atoms with Crippen LogP contribution in [-0.4, -0.2) is 249 Å². The van der Waals surface area contributed by atoms with Gasteiger partial charge < -0.3 is 108 Å². The van der Waals surface area contributed by atoms with Gasteiger partial charge in [-0.25, -0.2) is 4.79 Å². The molecule has 2 aromatic carbocycles. The molecule has 7 aliphatic rings. The lowest BCUT2D eigenvalue weighted by molar-refractivity contribution is -0.234. The molecule has 5 aliphatic carbocycles. The van der Waals surface area contributed by atoms with Crippen molar-refractivity contribution >= 4 is 70.8 Å². The lowest BCUT2D eigenvalue weighted by atomic mass is 9.49. The Morgan fingerprint density at radius 1 is 0.592 bits per heavy atom. The number of rotatable bonds is 43. The number of imide groups is 2. The van der Waals surface area contributed by atoms with Crippen LogP contribution in [0.5, 0.6) is 0 Å². The quantitative estimate of drug-likeness (QED) is 0.0333. The Labute approximate surface area is 702 Å². The summed E-state index contributed by atoms with van der Waals surface area (Å²) in [6, 6.07) is 5.80. The normalized spacial score (nSPS) is 26.9. The number of hydrogen-bond acceptors (Lipinski definition) is 24. The first-order chi connectivity index (χ1) is 57.3. The van der Waals surface area contributed by atoms with Crippen LogP contribution in [0.15, 0.2) is 59.9 Å². The van der Waals surface area contributed by atoms with E-state index in [4.69, 9.17) is 39.9 Å². The second kappa shape index (κ2) is 44.5. The fourth-order valence-corrected chi connectivity index (χ4v) is 18.8. The van der Waals surface area contributed by atoms with Gasteiger partial charge in [0, 0.05) is 43.0 Å². The Bertz CT molecular complexity index is 3960. The Morgan fingerprint density at radius 2 is 1.16 bits per heavy atom. The van der Waals surface area contributed by atoms with Crippen LogP contribution in [0.2, 0.25) is 0 Å². The zero-order valence-electron chi connectivity index (χ0n) is 70.7. The van der Waals surface area contributed by atoms with Crippen LogP contribution in [0.4, 0.5) is 10.5 Å². The molecule has 16 atom stereocenters. The minimum Gasteiger partial charge on any atom is -0.399 e. The average Bonchev–Trinajstić information content (AvgIpc) is 1.18. The number of nitrogens with zero attached hydrogens (tertiary/aromatic N) is 1. The van der Waals surface area contributed by atoms with Gasteiger partial charge in [-0.15, -0.1) is 0 Å². The molecule has 1 saturated heterocycles. The first kappa shape index (κ1) is 95.3. The van der Waals surface area contributed by atoms with E-state index < -0.39 is 144 Å². The van der Waals surface area contributed by atoms with Gasteiger partial charge in [-0.2, -0.15) is 0 Å². The van der Waals surface area contributed by atoms with E-state index in [9.17, 15) is 73.5 Å². The lowest BCUT2D eigenvalue weighted by Crippen LogP contribution is -2.62. The molecule has 34 nitrogen and oxygen atoms in total. The molecule has 12 amide bonds. The number of amides is 12. The maximum absolute atomic E-state index is 15.0. The van der Waals surface area contributed by atoms with Gasteiger partial charge >= 0.3 is 6.03 Å². The van der Waals surface area contributed by atoms with Crippen molar-refractivity contribution in [2.75, 3.05) is 97.6 Å². The third kappa shape index (κ3) is 24.5. The molecule has 2 saturated carbocycles. The predicted molar refractivity (Wildman–Crippen MR) is 440 cm³/mol. The highest BCUT2D eigenvalue weighted by atomic mass is 16.6.